The monoisotopic (exact) mass is 614 g/mol. The van der Waals surface area contributed by atoms with E-state index in [1.165, 1.54) is 0 Å². The second kappa shape index (κ2) is 12.7. The number of likely N-dealkylation sites (N-methyl/N-ethyl adjacent to an activating group) is 1. The number of nitrogens with zero attached hydrogens (tertiary/aromatic N) is 3. The Morgan fingerprint density at radius 1 is 0.953 bits per heavy atom. The van der Waals surface area contributed by atoms with Gasteiger partial charge < -0.3 is 15.1 Å². The molecule has 2 saturated heterocycles. The molecule has 0 radical (unpaired) electrons. The van der Waals surface area contributed by atoms with Crippen molar-refractivity contribution in [3.05, 3.63) is 34.9 Å². The van der Waals surface area contributed by atoms with E-state index in [9.17, 15) is 14.4 Å². The Kier molecular flexibility index (Phi) is 9.98. The van der Waals surface area contributed by atoms with Gasteiger partial charge in [0.2, 0.25) is 17.7 Å². The van der Waals surface area contributed by atoms with Crippen molar-refractivity contribution in [1.82, 2.24) is 20.0 Å². The molecular formula is C35H55ClN4O3. The number of benzene rings is 1. The van der Waals surface area contributed by atoms with E-state index in [1.54, 1.807) is 0 Å². The topological polar surface area (TPSA) is 73.0 Å². The quantitative estimate of drug-likeness (QED) is 0.420. The summed E-state index contributed by atoms with van der Waals surface area (Å²) < 4.78 is 0. The van der Waals surface area contributed by atoms with Crippen LogP contribution in [0.3, 0.4) is 0 Å². The van der Waals surface area contributed by atoms with E-state index in [-0.39, 0.29) is 52.6 Å². The Labute approximate surface area is 265 Å². The van der Waals surface area contributed by atoms with E-state index < -0.39 is 11.5 Å². The highest BCUT2D eigenvalue weighted by Gasteiger charge is 2.51. The smallest absolute Gasteiger partial charge is 0.242 e. The molecule has 2 aliphatic heterocycles. The number of rotatable bonds is 6. The number of halogens is 1. The maximum absolute atomic E-state index is 14.7. The van der Waals surface area contributed by atoms with Crippen LogP contribution in [0.5, 0.6) is 0 Å². The zero-order valence-electron chi connectivity index (χ0n) is 28.0. The molecule has 43 heavy (non-hydrogen) atoms. The van der Waals surface area contributed by atoms with Gasteiger partial charge in [-0.1, -0.05) is 58.4 Å². The number of amides is 3. The molecule has 0 aromatic heterocycles. The van der Waals surface area contributed by atoms with Gasteiger partial charge in [-0.15, -0.1) is 0 Å². The molecule has 4 atom stereocenters. The average molecular weight is 615 g/mol. The third-order valence-corrected chi connectivity index (χ3v) is 10.3. The molecule has 1 saturated carbocycles. The third kappa shape index (κ3) is 7.58. The van der Waals surface area contributed by atoms with Crippen molar-refractivity contribution < 1.29 is 14.4 Å². The van der Waals surface area contributed by atoms with E-state index >= 15 is 0 Å². The van der Waals surface area contributed by atoms with Gasteiger partial charge >= 0.3 is 0 Å². The first-order valence-electron chi connectivity index (χ1n) is 16.3. The van der Waals surface area contributed by atoms with Crippen LogP contribution in [0.2, 0.25) is 5.02 Å². The summed E-state index contributed by atoms with van der Waals surface area (Å²) in [5.74, 6) is -0.299. The van der Waals surface area contributed by atoms with Crippen molar-refractivity contribution >= 4 is 29.3 Å². The largest absolute Gasteiger partial charge is 0.355 e. The van der Waals surface area contributed by atoms with Crippen molar-refractivity contribution in [1.29, 1.82) is 0 Å². The minimum absolute atomic E-state index is 0.00851. The van der Waals surface area contributed by atoms with Gasteiger partial charge in [-0.05, 0) is 82.9 Å². The average Bonchev–Trinajstić information content (AvgIpc) is 3.55. The molecular weight excluding hydrogens is 560 g/mol. The molecule has 0 bridgehead atoms. The lowest BCUT2D eigenvalue weighted by atomic mass is 9.74. The molecule has 0 spiro atoms. The van der Waals surface area contributed by atoms with Gasteiger partial charge in [0.15, 0.2) is 0 Å². The fraction of sp³-hybridized carbons (Fsp3) is 0.743. The lowest BCUT2D eigenvalue weighted by Gasteiger charge is -2.45. The number of carbonyl (C=O) groups is 3. The SMILES string of the molecule is CCNC(=O)[C@@H]1C[C@H](N(C(=O)C(C)(C)C)C2CCC(C)(C)CC2)CN1C(=O)C1CN(C(C)(C)C)C[C@H]1c1ccc(Cl)cc1. The summed E-state index contributed by atoms with van der Waals surface area (Å²) in [5.41, 5.74) is 0.710. The van der Waals surface area contributed by atoms with E-state index in [1.807, 2.05) is 56.9 Å². The molecule has 4 rings (SSSR count). The number of hydrogen-bond donors (Lipinski definition) is 1. The molecule has 3 aliphatic rings. The Hall–Kier alpha value is -2.12. The normalized spacial score (nSPS) is 26.9. The number of carbonyl (C=O) groups excluding carboxylic acids is 3. The predicted molar refractivity (Wildman–Crippen MR) is 174 cm³/mol. The Bertz CT molecular complexity index is 1160. The number of hydrogen-bond acceptors (Lipinski definition) is 4. The minimum atomic E-state index is -0.595. The van der Waals surface area contributed by atoms with Gasteiger partial charge in [0, 0.05) is 54.1 Å². The molecule has 240 valence electrons. The van der Waals surface area contributed by atoms with Crippen molar-refractivity contribution in [2.24, 2.45) is 16.7 Å². The second-order valence-corrected chi connectivity index (χ2v) is 16.4. The lowest BCUT2D eigenvalue weighted by molar-refractivity contribution is -0.147. The van der Waals surface area contributed by atoms with Gasteiger partial charge in [0.05, 0.1) is 12.0 Å². The highest BCUT2D eigenvalue weighted by atomic mass is 35.5. The van der Waals surface area contributed by atoms with Crippen molar-refractivity contribution in [2.45, 2.75) is 124 Å². The third-order valence-electron chi connectivity index (χ3n) is 10.1. The molecule has 7 nitrogen and oxygen atoms in total. The van der Waals surface area contributed by atoms with Crippen LogP contribution < -0.4 is 5.32 Å². The van der Waals surface area contributed by atoms with Crippen molar-refractivity contribution in [3.63, 3.8) is 0 Å². The summed E-state index contributed by atoms with van der Waals surface area (Å²) in [5, 5.41) is 3.66. The van der Waals surface area contributed by atoms with Gasteiger partial charge in [0.1, 0.15) is 6.04 Å². The van der Waals surface area contributed by atoms with Gasteiger partial charge in [0.25, 0.3) is 0 Å². The summed E-state index contributed by atoms with van der Waals surface area (Å²) in [7, 11) is 0. The molecule has 8 heteroatoms. The number of likely N-dealkylation sites (tertiary alicyclic amines) is 2. The van der Waals surface area contributed by atoms with Crippen LogP contribution in [0.25, 0.3) is 0 Å². The summed E-state index contributed by atoms with van der Waals surface area (Å²) in [6.07, 6.45) is 4.50. The van der Waals surface area contributed by atoms with Crippen LogP contribution in [0.15, 0.2) is 24.3 Å². The van der Waals surface area contributed by atoms with E-state index in [0.717, 1.165) is 37.8 Å². The maximum Gasteiger partial charge on any atom is 0.242 e. The second-order valence-electron chi connectivity index (χ2n) is 16.0. The summed E-state index contributed by atoms with van der Waals surface area (Å²) in [6.45, 7) is 21.3. The zero-order chi connectivity index (χ0) is 31.9. The Morgan fingerprint density at radius 2 is 1.56 bits per heavy atom. The minimum Gasteiger partial charge on any atom is -0.355 e. The standard InChI is InChI=1S/C35H55ClN4O3/c1-10-37-30(41)29-19-26(40(32(43)33(2,3)4)25-15-17-35(8,9)18-16-25)20-39(29)31(42)28-22-38(34(5,6)7)21-27(28)23-11-13-24(36)14-12-23/h11-14,25-29H,10,15-22H2,1-9H3,(H,37,41)/t26-,27-,28?,29-/m0/s1. The van der Waals surface area contributed by atoms with Crippen molar-refractivity contribution in [2.75, 3.05) is 26.2 Å². The molecule has 1 N–H and O–H groups in total. The summed E-state index contributed by atoms with van der Waals surface area (Å²) in [6, 6.07) is 7.18. The molecule has 3 fully saturated rings. The highest BCUT2D eigenvalue weighted by molar-refractivity contribution is 6.30. The Balaban J connectivity index is 1.68. The van der Waals surface area contributed by atoms with Gasteiger partial charge in [-0.2, -0.15) is 0 Å². The zero-order valence-corrected chi connectivity index (χ0v) is 28.8. The van der Waals surface area contributed by atoms with Crippen LogP contribution in [-0.4, -0.2) is 82.3 Å². The highest BCUT2D eigenvalue weighted by Crippen LogP contribution is 2.42. The van der Waals surface area contributed by atoms with Crippen molar-refractivity contribution in [3.8, 4) is 0 Å². The molecule has 1 aliphatic carbocycles. The van der Waals surface area contributed by atoms with E-state index in [0.29, 0.717) is 31.1 Å². The van der Waals surface area contributed by atoms with Crippen LogP contribution >= 0.6 is 11.6 Å². The first kappa shape index (κ1) is 33.8. The lowest BCUT2D eigenvalue weighted by Crippen LogP contribution is -2.54. The van der Waals surface area contributed by atoms with E-state index in [2.05, 4.69) is 49.7 Å². The molecule has 1 unspecified atom stereocenters. The van der Waals surface area contributed by atoms with Gasteiger partial charge in [-0.25, -0.2) is 0 Å². The summed E-state index contributed by atoms with van der Waals surface area (Å²) in [4.78, 5) is 48.6. The fourth-order valence-corrected chi connectivity index (χ4v) is 7.47. The molecule has 1 aromatic rings. The predicted octanol–water partition coefficient (Wildman–Crippen LogP) is 6.10. The first-order valence-corrected chi connectivity index (χ1v) is 16.7. The Morgan fingerprint density at radius 3 is 2.09 bits per heavy atom. The molecule has 1 aromatic carbocycles. The number of nitrogens with one attached hydrogen (secondary N) is 1. The van der Waals surface area contributed by atoms with E-state index in [4.69, 9.17) is 11.6 Å². The summed E-state index contributed by atoms with van der Waals surface area (Å²) >= 11 is 6.23. The molecule has 2 heterocycles. The van der Waals surface area contributed by atoms with Crippen LogP contribution in [0.1, 0.15) is 106 Å². The van der Waals surface area contributed by atoms with Crippen LogP contribution in [0, 0.1) is 16.7 Å². The van der Waals surface area contributed by atoms with Gasteiger partial charge in [-0.3, -0.25) is 19.3 Å². The molecule has 3 amide bonds. The van der Waals surface area contributed by atoms with Crippen LogP contribution in [0.4, 0.5) is 0 Å². The fourth-order valence-electron chi connectivity index (χ4n) is 7.34. The van der Waals surface area contributed by atoms with Crippen LogP contribution in [-0.2, 0) is 14.4 Å². The maximum atomic E-state index is 14.7. The first-order chi connectivity index (χ1) is 19.9.